The molecule has 0 aromatic rings. The van der Waals surface area contributed by atoms with Crippen LogP contribution < -0.4 is 10.0 Å². The standard InChI is InChI=1S/C13H28N2O2S/c1-4-14-9-6-10-18(16,17)15-13-8-5-7-11(2)12(13)3/h11-15H,4-10H2,1-3H3. The van der Waals surface area contributed by atoms with Crippen LogP contribution in [0.15, 0.2) is 0 Å². The molecule has 3 unspecified atom stereocenters. The summed E-state index contributed by atoms with van der Waals surface area (Å²) in [7, 11) is -3.11. The average molecular weight is 276 g/mol. The molecule has 1 aliphatic rings. The Balaban J connectivity index is 2.39. The van der Waals surface area contributed by atoms with Crippen molar-refractivity contribution in [3.8, 4) is 0 Å². The SMILES string of the molecule is CCNCCCS(=O)(=O)NC1CCCC(C)C1C. The van der Waals surface area contributed by atoms with Crippen molar-refractivity contribution in [2.45, 2.75) is 52.5 Å². The highest BCUT2D eigenvalue weighted by Crippen LogP contribution is 2.29. The highest BCUT2D eigenvalue weighted by Gasteiger charge is 2.29. The molecule has 5 heteroatoms. The van der Waals surface area contributed by atoms with Gasteiger partial charge in [0.2, 0.25) is 10.0 Å². The topological polar surface area (TPSA) is 58.2 Å². The fourth-order valence-corrected chi connectivity index (χ4v) is 4.04. The minimum atomic E-state index is -3.11. The first-order chi connectivity index (χ1) is 8.46. The van der Waals surface area contributed by atoms with E-state index in [2.05, 4.69) is 23.9 Å². The molecular weight excluding hydrogens is 248 g/mol. The lowest BCUT2D eigenvalue weighted by molar-refractivity contribution is 0.227. The average Bonchev–Trinajstić information content (AvgIpc) is 2.31. The van der Waals surface area contributed by atoms with Gasteiger partial charge in [-0.2, -0.15) is 0 Å². The van der Waals surface area contributed by atoms with Gasteiger partial charge in [-0.25, -0.2) is 13.1 Å². The lowest BCUT2D eigenvalue weighted by Gasteiger charge is -2.34. The maximum absolute atomic E-state index is 12.0. The summed E-state index contributed by atoms with van der Waals surface area (Å²) in [5.41, 5.74) is 0. The number of rotatable bonds is 7. The molecule has 3 atom stereocenters. The summed E-state index contributed by atoms with van der Waals surface area (Å²) in [6.07, 6.45) is 4.02. The van der Waals surface area contributed by atoms with Crippen LogP contribution in [0, 0.1) is 11.8 Å². The van der Waals surface area contributed by atoms with Crippen molar-refractivity contribution >= 4 is 10.0 Å². The Morgan fingerprint density at radius 3 is 2.61 bits per heavy atom. The summed E-state index contributed by atoms with van der Waals surface area (Å²) in [4.78, 5) is 0. The highest BCUT2D eigenvalue weighted by molar-refractivity contribution is 7.89. The highest BCUT2D eigenvalue weighted by atomic mass is 32.2. The van der Waals surface area contributed by atoms with Crippen LogP contribution in [0.4, 0.5) is 0 Å². The third-order valence-corrected chi connectivity index (χ3v) is 5.54. The maximum Gasteiger partial charge on any atom is 0.211 e. The van der Waals surface area contributed by atoms with Gasteiger partial charge in [0.25, 0.3) is 0 Å². The second-order valence-corrected chi connectivity index (χ2v) is 7.39. The molecule has 0 amide bonds. The molecule has 1 fully saturated rings. The molecule has 1 rings (SSSR count). The molecule has 0 bridgehead atoms. The smallest absolute Gasteiger partial charge is 0.211 e. The molecule has 1 aliphatic carbocycles. The molecular formula is C13H28N2O2S. The van der Waals surface area contributed by atoms with Crippen LogP contribution in [0.25, 0.3) is 0 Å². The van der Waals surface area contributed by atoms with Gasteiger partial charge in [-0.05, 0) is 37.8 Å². The van der Waals surface area contributed by atoms with Crippen molar-refractivity contribution < 1.29 is 8.42 Å². The first-order valence-electron chi connectivity index (χ1n) is 7.17. The summed E-state index contributed by atoms with van der Waals surface area (Å²) in [6, 6.07) is 0.137. The summed E-state index contributed by atoms with van der Waals surface area (Å²) in [5, 5.41) is 3.15. The van der Waals surface area contributed by atoms with Crippen molar-refractivity contribution in [2.24, 2.45) is 11.8 Å². The van der Waals surface area contributed by atoms with E-state index in [0.29, 0.717) is 18.3 Å². The zero-order valence-corrected chi connectivity index (χ0v) is 12.7. The van der Waals surface area contributed by atoms with E-state index in [4.69, 9.17) is 0 Å². The van der Waals surface area contributed by atoms with E-state index in [1.54, 1.807) is 0 Å². The molecule has 18 heavy (non-hydrogen) atoms. The van der Waals surface area contributed by atoms with Crippen molar-refractivity contribution in [1.29, 1.82) is 0 Å². The second kappa shape index (κ2) is 7.46. The van der Waals surface area contributed by atoms with Crippen molar-refractivity contribution in [2.75, 3.05) is 18.8 Å². The van der Waals surface area contributed by atoms with E-state index in [1.807, 2.05) is 6.92 Å². The Kier molecular flexibility index (Phi) is 6.60. The maximum atomic E-state index is 12.0. The lowest BCUT2D eigenvalue weighted by Crippen LogP contribution is -2.44. The third kappa shape index (κ3) is 5.24. The molecule has 2 N–H and O–H groups in total. The monoisotopic (exact) mass is 276 g/mol. The van der Waals surface area contributed by atoms with E-state index >= 15 is 0 Å². The first kappa shape index (κ1) is 15.9. The van der Waals surface area contributed by atoms with Crippen molar-refractivity contribution in [1.82, 2.24) is 10.0 Å². The van der Waals surface area contributed by atoms with Crippen LogP contribution in [-0.2, 0) is 10.0 Å². The van der Waals surface area contributed by atoms with Gasteiger partial charge in [0.1, 0.15) is 0 Å². The fourth-order valence-electron chi connectivity index (χ4n) is 2.60. The van der Waals surface area contributed by atoms with Gasteiger partial charge in [0.05, 0.1) is 5.75 Å². The fraction of sp³-hybridized carbons (Fsp3) is 1.00. The summed E-state index contributed by atoms with van der Waals surface area (Å²) < 4.78 is 26.8. The van der Waals surface area contributed by atoms with Crippen LogP contribution >= 0.6 is 0 Å². The van der Waals surface area contributed by atoms with Gasteiger partial charge in [-0.3, -0.25) is 0 Å². The van der Waals surface area contributed by atoms with E-state index in [1.165, 1.54) is 6.42 Å². The molecule has 108 valence electrons. The van der Waals surface area contributed by atoms with E-state index in [-0.39, 0.29) is 11.8 Å². The van der Waals surface area contributed by atoms with Crippen LogP contribution in [-0.4, -0.2) is 33.3 Å². The number of nitrogens with one attached hydrogen (secondary N) is 2. The van der Waals surface area contributed by atoms with Crippen LogP contribution in [0.3, 0.4) is 0 Å². The van der Waals surface area contributed by atoms with Gasteiger partial charge in [0, 0.05) is 6.04 Å². The predicted octanol–water partition coefficient (Wildman–Crippen LogP) is 1.73. The van der Waals surface area contributed by atoms with E-state index < -0.39 is 10.0 Å². The molecule has 0 radical (unpaired) electrons. The Hall–Kier alpha value is -0.130. The van der Waals surface area contributed by atoms with Crippen LogP contribution in [0.5, 0.6) is 0 Å². The van der Waals surface area contributed by atoms with E-state index in [0.717, 1.165) is 25.9 Å². The Labute approximate surface area is 112 Å². The minimum absolute atomic E-state index is 0.137. The Morgan fingerprint density at radius 2 is 1.94 bits per heavy atom. The summed E-state index contributed by atoms with van der Waals surface area (Å²) >= 11 is 0. The molecule has 0 aromatic heterocycles. The Morgan fingerprint density at radius 1 is 1.22 bits per heavy atom. The second-order valence-electron chi connectivity index (χ2n) is 5.52. The Bertz CT molecular complexity index is 330. The lowest BCUT2D eigenvalue weighted by atomic mass is 9.78. The quantitative estimate of drug-likeness (QED) is 0.696. The van der Waals surface area contributed by atoms with Gasteiger partial charge >= 0.3 is 0 Å². The molecule has 0 heterocycles. The minimum Gasteiger partial charge on any atom is -0.317 e. The molecule has 0 saturated heterocycles. The van der Waals surface area contributed by atoms with Crippen molar-refractivity contribution in [3.05, 3.63) is 0 Å². The summed E-state index contributed by atoms with van der Waals surface area (Å²) in [6.45, 7) is 8.07. The molecule has 0 aromatic carbocycles. The number of sulfonamides is 1. The number of hydrogen-bond donors (Lipinski definition) is 2. The normalized spacial score (nSPS) is 29.4. The van der Waals surface area contributed by atoms with E-state index in [9.17, 15) is 8.42 Å². The predicted molar refractivity (Wildman–Crippen MR) is 76.1 cm³/mol. The third-order valence-electron chi connectivity index (χ3n) is 4.05. The first-order valence-corrected chi connectivity index (χ1v) is 8.82. The van der Waals surface area contributed by atoms with Gasteiger partial charge in [-0.15, -0.1) is 0 Å². The summed E-state index contributed by atoms with van der Waals surface area (Å²) in [5.74, 6) is 1.30. The molecule has 0 aliphatic heterocycles. The number of hydrogen-bond acceptors (Lipinski definition) is 3. The largest absolute Gasteiger partial charge is 0.317 e. The zero-order chi connectivity index (χ0) is 13.6. The van der Waals surface area contributed by atoms with Crippen LogP contribution in [0.2, 0.25) is 0 Å². The zero-order valence-electron chi connectivity index (χ0n) is 11.9. The molecule has 0 spiro atoms. The van der Waals surface area contributed by atoms with Gasteiger partial charge in [0.15, 0.2) is 0 Å². The molecule has 1 saturated carbocycles. The van der Waals surface area contributed by atoms with Gasteiger partial charge < -0.3 is 5.32 Å². The van der Waals surface area contributed by atoms with Crippen molar-refractivity contribution in [3.63, 3.8) is 0 Å². The van der Waals surface area contributed by atoms with Crippen LogP contribution in [0.1, 0.15) is 46.5 Å². The molecule has 4 nitrogen and oxygen atoms in total. The van der Waals surface area contributed by atoms with Gasteiger partial charge in [-0.1, -0.05) is 33.6 Å².